The van der Waals surface area contributed by atoms with E-state index in [-0.39, 0.29) is 29.0 Å². The Hall–Kier alpha value is -2.87. The molecule has 0 aliphatic carbocycles. The van der Waals surface area contributed by atoms with E-state index in [0.29, 0.717) is 17.9 Å². The Bertz CT molecular complexity index is 1010. The Balaban J connectivity index is 1.77. The quantitative estimate of drug-likeness (QED) is 0.778. The number of benzene rings is 2. The molecule has 0 spiro atoms. The molecule has 0 fully saturated rings. The number of amides is 2. The number of likely N-dealkylation sites (N-methyl/N-ethyl adjacent to an activating group) is 1. The molecule has 1 aliphatic rings. The van der Waals surface area contributed by atoms with Gasteiger partial charge in [0.15, 0.2) is 0 Å². The summed E-state index contributed by atoms with van der Waals surface area (Å²) in [5.74, 6) is -0.292. The Morgan fingerprint density at radius 2 is 1.75 bits per heavy atom. The molecule has 1 heterocycles. The second-order valence-electron chi connectivity index (χ2n) is 6.93. The van der Waals surface area contributed by atoms with Crippen molar-refractivity contribution in [2.24, 2.45) is 5.92 Å². The van der Waals surface area contributed by atoms with Crippen molar-refractivity contribution in [2.75, 3.05) is 21.5 Å². The van der Waals surface area contributed by atoms with E-state index in [0.717, 1.165) is 11.3 Å². The number of hydrogen-bond acceptors (Lipinski definition) is 4. The SMILES string of the molecule is CCN1C(=O)Cc2cc(NS(=O)(=O)c3ccc(NC(=O)C(C)C)cc3)ccc21. The van der Waals surface area contributed by atoms with Gasteiger partial charge in [-0.2, -0.15) is 0 Å². The molecule has 0 atom stereocenters. The van der Waals surface area contributed by atoms with Crippen molar-refractivity contribution in [3.05, 3.63) is 48.0 Å². The van der Waals surface area contributed by atoms with E-state index in [1.165, 1.54) is 12.1 Å². The van der Waals surface area contributed by atoms with Crippen LogP contribution in [0.25, 0.3) is 0 Å². The molecule has 8 heteroatoms. The maximum atomic E-state index is 12.7. The summed E-state index contributed by atoms with van der Waals surface area (Å²) in [5.41, 5.74) is 2.56. The largest absolute Gasteiger partial charge is 0.326 e. The first-order valence-electron chi connectivity index (χ1n) is 9.08. The van der Waals surface area contributed by atoms with E-state index < -0.39 is 10.0 Å². The summed E-state index contributed by atoms with van der Waals surface area (Å²) in [4.78, 5) is 25.5. The van der Waals surface area contributed by atoms with E-state index in [2.05, 4.69) is 10.0 Å². The highest BCUT2D eigenvalue weighted by Gasteiger charge is 2.26. The van der Waals surface area contributed by atoms with Gasteiger partial charge < -0.3 is 10.2 Å². The van der Waals surface area contributed by atoms with E-state index in [1.54, 1.807) is 49.1 Å². The molecule has 3 rings (SSSR count). The fourth-order valence-electron chi connectivity index (χ4n) is 3.01. The lowest BCUT2D eigenvalue weighted by molar-refractivity contribution is -0.119. The van der Waals surface area contributed by atoms with Gasteiger partial charge in [-0.15, -0.1) is 0 Å². The van der Waals surface area contributed by atoms with Crippen molar-refractivity contribution < 1.29 is 18.0 Å². The topological polar surface area (TPSA) is 95.6 Å². The average Bonchev–Trinajstić information content (AvgIpc) is 2.95. The number of carbonyl (C=O) groups excluding carboxylic acids is 2. The molecule has 148 valence electrons. The molecule has 0 radical (unpaired) electrons. The molecule has 0 aromatic heterocycles. The zero-order chi connectivity index (χ0) is 20.5. The van der Waals surface area contributed by atoms with Crippen LogP contribution >= 0.6 is 0 Å². The summed E-state index contributed by atoms with van der Waals surface area (Å²) in [5, 5.41) is 2.72. The van der Waals surface area contributed by atoms with Crippen LogP contribution in [0.4, 0.5) is 17.1 Å². The molecule has 28 heavy (non-hydrogen) atoms. The van der Waals surface area contributed by atoms with Crippen LogP contribution in [-0.2, 0) is 26.0 Å². The summed E-state index contributed by atoms with van der Waals surface area (Å²) in [6.45, 7) is 6.04. The Morgan fingerprint density at radius 1 is 1.11 bits per heavy atom. The first-order chi connectivity index (χ1) is 13.2. The van der Waals surface area contributed by atoms with Crippen LogP contribution in [0.3, 0.4) is 0 Å². The predicted molar refractivity (Wildman–Crippen MR) is 109 cm³/mol. The molecule has 0 unspecified atom stereocenters. The monoisotopic (exact) mass is 401 g/mol. The summed E-state index contributed by atoms with van der Waals surface area (Å²) >= 11 is 0. The number of rotatable bonds is 6. The van der Waals surface area contributed by atoms with Gasteiger partial charge in [0.1, 0.15) is 0 Å². The van der Waals surface area contributed by atoms with Gasteiger partial charge in [-0.3, -0.25) is 14.3 Å². The van der Waals surface area contributed by atoms with Crippen molar-refractivity contribution in [1.29, 1.82) is 0 Å². The second-order valence-corrected chi connectivity index (χ2v) is 8.61. The maximum absolute atomic E-state index is 12.7. The zero-order valence-corrected chi connectivity index (χ0v) is 16.8. The summed E-state index contributed by atoms with van der Waals surface area (Å²) in [6, 6.07) is 11.1. The highest BCUT2D eigenvalue weighted by Crippen LogP contribution is 2.31. The van der Waals surface area contributed by atoms with Crippen molar-refractivity contribution >= 4 is 38.9 Å². The van der Waals surface area contributed by atoms with Crippen LogP contribution in [-0.4, -0.2) is 26.8 Å². The smallest absolute Gasteiger partial charge is 0.261 e. The third-order valence-electron chi connectivity index (χ3n) is 4.54. The van der Waals surface area contributed by atoms with Gasteiger partial charge in [-0.1, -0.05) is 13.8 Å². The van der Waals surface area contributed by atoms with E-state index in [9.17, 15) is 18.0 Å². The van der Waals surface area contributed by atoms with Gasteiger partial charge in [0.05, 0.1) is 11.3 Å². The fourth-order valence-corrected chi connectivity index (χ4v) is 4.06. The Morgan fingerprint density at radius 3 is 2.36 bits per heavy atom. The van der Waals surface area contributed by atoms with Crippen molar-refractivity contribution in [3.63, 3.8) is 0 Å². The van der Waals surface area contributed by atoms with Crippen molar-refractivity contribution in [3.8, 4) is 0 Å². The number of nitrogens with zero attached hydrogens (tertiary/aromatic N) is 1. The zero-order valence-electron chi connectivity index (χ0n) is 16.0. The van der Waals surface area contributed by atoms with Gasteiger partial charge in [-0.05, 0) is 55.0 Å². The molecule has 2 aromatic carbocycles. The van der Waals surface area contributed by atoms with Gasteiger partial charge in [0, 0.05) is 29.5 Å². The molecule has 0 bridgehead atoms. The lowest BCUT2D eigenvalue weighted by Crippen LogP contribution is -2.25. The molecule has 1 aliphatic heterocycles. The first kappa shape index (κ1) is 19.9. The average molecular weight is 401 g/mol. The molecule has 0 saturated heterocycles. The van der Waals surface area contributed by atoms with Gasteiger partial charge in [0.2, 0.25) is 11.8 Å². The lowest BCUT2D eigenvalue weighted by atomic mass is 10.1. The summed E-state index contributed by atoms with van der Waals surface area (Å²) in [6.07, 6.45) is 0.267. The van der Waals surface area contributed by atoms with E-state index >= 15 is 0 Å². The van der Waals surface area contributed by atoms with Crippen LogP contribution in [0, 0.1) is 5.92 Å². The van der Waals surface area contributed by atoms with Crippen LogP contribution in [0.15, 0.2) is 47.4 Å². The molecular weight excluding hydrogens is 378 g/mol. The van der Waals surface area contributed by atoms with Gasteiger partial charge in [-0.25, -0.2) is 8.42 Å². The highest BCUT2D eigenvalue weighted by atomic mass is 32.2. The van der Waals surface area contributed by atoms with Crippen molar-refractivity contribution in [2.45, 2.75) is 32.1 Å². The van der Waals surface area contributed by atoms with Crippen LogP contribution in [0.1, 0.15) is 26.3 Å². The number of carbonyl (C=O) groups is 2. The maximum Gasteiger partial charge on any atom is 0.261 e. The minimum atomic E-state index is -3.79. The van der Waals surface area contributed by atoms with E-state index in [4.69, 9.17) is 0 Å². The molecule has 2 amide bonds. The highest BCUT2D eigenvalue weighted by molar-refractivity contribution is 7.92. The predicted octanol–water partition coefficient (Wildman–Crippen LogP) is 2.99. The summed E-state index contributed by atoms with van der Waals surface area (Å²) < 4.78 is 27.9. The Labute approximate surface area is 164 Å². The minimum absolute atomic E-state index is 0.0107. The second kappa shape index (κ2) is 7.63. The van der Waals surface area contributed by atoms with Crippen molar-refractivity contribution in [1.82, 2.24) is 0 Å². The molecule has 2 N–H and O–H groups in total. The lowest BCUT2D eigenvalue weighted by Gasteiger charge is -2.15. The first-order valence-corrected chi connectivity index (χ1v) is 10.6. The molecular formula is C20H23N3O4S. The number of sulfonamides is 1. The van der Waals surface area contributed by atoms with Crippen LogP contribution < -0.4 is 14.9 Å². The Kier molecular flexibility index (Phi) is 5.42. The number of fused-ring (bicyclic) bond motifs is 1. The molecule has 2 aromatic rings. The van der Waals surface area contributed by atoms with Gasteiger partial charge >= 0.3 is 0 Å². The standard InChI is InChI=1S/C20H23N3O4S/c1-4-23-18-10-7-16(11-14(18)12-19(23)24)22-28(26,27)17-8-5-15(6-9-17)21-20(25)13(2)3/h5-11,13,22H,4,12H2,1-3H3,(H,21,25). The van der Waals surface area contributed by atoms with E-state index in [1.807, 2.05) is 6.92 Å². The summed E-state index contributed by atoms with van der Waals surface area (Å²) in [7, 11) is -3.79. The minimum Gasteiger partial charge on any atom is -0.326 e. The normalized spacial score (nSPS) is 13.6. The third-order valence-corrected chi connectivity index (χ3v) is 5.94. The fraction of sp³-hybridized carbons (Fsp3) is 0.300. The van der Waals surface area contributed by atoms with Crippen LogP contribution in [0.2, 0.25) is 0 Å². The molecule has 7 nitrogen and oxygen atoms in total. The molecule has 0 saturated carbocycles. The van der Waals surface area contributed by atoms with Crippen LogP contribution in [0.5, 0.6) is 0 Å². The third kappa shape index (κ3) is 4.01. The number of anilines is 3. The number of hydrogen-bond donors (Lipinski definition) is 2. The number of nitrogens with one attached hydrogen (secondary N) is 2. The van der Waals surface area contributed by atoms with Gasteiger partial charge in [0.25, 0.3) is 10.0 Å².